The van der Waals surface area contributed by atoms with Gasteiger partial charge in [-0.2, -0.15) is 0 Å². The number of thiazole rings is 1. The zero-order valence-corrected chi connectivity index (χ0v) is 12.6. The van der Waals surface area contributed by atoms with Crippen molar-refractivity contribution in [3.05, 3.63) is 16.1 Å². The Kier molecular flexibility index (Phi) is 6.72. The highest BCUT2D eigenvalue weighted by Gasteiger charge is 2.05. The summed E-state index contributed by atoms with van der Waals surface area (Å²) in [7, 11) is 1.80. The molecule has 0 radical (unpaired) electrons. The second-order valence-electron chi connectivity index (χ2n) is 4.51. The third-order valence-electron chi connectivity index (χ3n) is 2.50. The van der Waals surface area contributed by atoms with Crippen molar-refractivity contribution in [1.29, 1.82) is 0 Å². The average molecular weight is 268 g/mol. The highest BCUT2D eigenvalue weighted by atomic mass is 32.1. The molecule has 0 fully saturated rings. The van der Waals surface area contributed by atoms with Gasteiger partial charge in [0.2, 0.25) is 0 Å². The first-order chi connectivity index (χ1) is 8.67. The van der Waals surface area contributed by atoms with E-state index in [1.807, 2.05) is 0 Å². The number of nitrogens with one attached hydrogen (secondary N) is 2. The maximum atomic E-state index is 4.61. The maximum Gasteiger partial charge on any atom is 0.190 e. The number of aromatic nitrogens is 1. The summed E-state index contributed by atoms with van der Waals surface area (Å²) in [6.45, 7) is 8.32. The second kappa shape index (κ2) is 8.08. The normalized spacial score (nSPS) is 11.9. The van der Waals surface area contributed by atoms with Crippen LogP contribution in [0.2, 0.25) is 0 Å². The fourth-order valence-electron chi connectivity index (χ4n) is 1.48. The Morgan fingerprint density at radius 3 is 2.67 bits per heavy atom. The number of nitrogens with zero attached hydrogens (tertiary/aromatic N) is 2. The summed E-state index contributed by atoms with van der Waals surface area (Å²) in [5.41, 5.74) is 1.17. The Morgan fingerprint density at radius 1 is 1.39 bits per heavy atom. The van der Waals surface area contributed by atoms with Gasteiger partial charge in [-0.15, -0.1) is 11.3 Å². The van der Waals surface area contributed by atoms with E-state index in [-0.39, 0.29) is 0 Å². The Labute approximate surface area is 114 Å². The van der Waals surface area contributed by atoms with E-state index in [1.54, 1.807) is 18.4 Å². The molecule has 1 aromatic rings. The molecule has 0 bridgehead atoms. The molecule has 0 aliphatic heterocycles. The number of aliphatic imine (C=N–C) groups is 1. The van der Waals surface area contributed by atoms with Gasteiger partial charge in [0.15, 0.2) is 5.96 Å². The molecule has 4 nitrogen and oxygen atoms in total. The van der Waals surface area contributed by atoms with Crippen LogP contribution in [0.3, 0.4) is 0 Å². The minimum atomic E-state index is 0.524. The van der Waals surface area contributed by atoms with E-state index in [0.717, 1.165) is 31.9 Å². The van der Waals surface area contributed by atoms with Crippen molar-refractivity contribution in [3.63, 3.8) is 0 Å². The molecule has 5 heteroatoms. The molecule has 0 aliphatic rings. The van der Waals surface area contributed by atoms with E-state index in [1.165, 1.54) is 10.7 Å². The number of hydrogen-bond acceptors (Lipinski definition) is 3. The quantitative estimate of drug-likeness (QED) is 0.615. The zero-order chi connectivity index (χ0) is 13.4. The predicted octanol–water partition coefficient (Wildman–Crippen LogP) is 2.38. The van der Waals surface area contributed by atoms with E-state index in [2.05, 4.69) is 46.8 Å². The fourth-order valence-corrected chi connectivity index (χ4v) is 2.35. The van der Waals surface area contributed by atoms with E-state index >= 15 is 0 Å². The standard InChI is InChI=1S/C13H24N4S/c1-5-7-15-13(14-4)16-8-6-11-9-18-12(17-11)10(2)3/h9-10H,5-8H2,1-4H3,(H2,14,15,16). The molecule has 1 heterocycles. The summed E-state index contributed by atoms with van der Waals surface area (Å²) >= 11 is 1.75. The number of hydrogen-bond donors (Lipinski definition) is 2. The van der Waals surface area contributed by atoms with Crippen LogP contribution in [-0.2, 0) is 6.42 Å². The molecule has 0 saturated carbocycles. The zero-order valence-electron chi connectivity index (χ0n) is 11.8. The first kappa shape index (κ1) is 15.0. The molecule has 0 saturated heterocycles. The van der Waals surface area contributed by atoms with Gasteiger partial charge >= 0.3 is 0 Å². The molecule has 1 rings (SSSR count). The van der Waals surface area contributed by atoms with Crippen LogP contribution in [0.5, 0.6) is 0 Å². The van der Waals surface area contributed by atoms with Crippen molar-refractivity contribution >= 4 is 17.3 Å². The molecule has 0 amide bonds. The Bertz CT molecular complexity index is 371. The average Bonchev–Trinajstić information content (AvgIpc) is 2.82. The van der Waals surface area contributed by atoms with Gasteiger partial charge < -0.3 is 10.6 Å². The SMILES string of the molecule is CCCNC(=NC)NCCc1csc(C(C)C)n1. The maximum absolute atomic E-state index is 4.61. The molecule has 1 aromatic heterocycles. The summed E-state index contributed by atoms with van der Waals surface area (Å²) in [4.78, 5) is 8.78. The minimum absolute atomic E-state index is 0.524. The third kappa shape index (κ3) is 5.04. The molecule has 0 spiro atoms. The second-order valence-corrected chi connectivity index (χ2v) is 5.40. The van der Waals surface area contributed by atoms with E-state index in [0.29, 0.717) is 5.92 Å². The Balaban J connectivity index is 2.31. The van der Waals surface area contributed by atoms with Crippen LogP contribution in [0.15, 0.2) is 10.4 Å². The van der Waals surface area contributed by atoms with Gasteiger partial charge in [-0.1, -0.05) is 20.8 Å². The van der Waals surface area contributed by atoms with Gasteiger partial charge in [0.05, 0.1) is 10.7 Å². The van der Waals surface area contributed by atoms with Crippen LogP contribution in [-0.4, -0.2) is 31.1 Å². The Morgan fingerprint density at radius 2 is 2.11 bits per heavy atom. The lowest BCUT2D eigenvalue weighted by Crippen LogP contribution is -2.38. The smallest absolute Gasteiger partial charge is 0.190 e. The Hall–Kier alpha value is -1.10. The van der Waals surface area contributed by atoms with Gasteiger partial charge in [-0.3, -0.25) is 4.99 Å². The van der Waals surface area contributed by atoms with Crippen LogP contribution in [0, 0.1) is 0 Å². The molecule has 0 atom stereocenters. The van der Waals surface area contributed by atoms with Crippen LogP contribution < -0.4 is 10.6 Å². The molecule has 102 valence electrons. The lowest BCUT2D eigenvalue weighted by atomic mass is 10.2. The number of guanidine groups is 1. The van der Waals surface area contributed by atoms with Gasteiger partial charge in [0, 0.05) is 37.9 Å². The molecule has 0 aromatic carbocycles. The van der Waals surface area contributed by atoms with Crippen molar-refractivity contribution in [2.24, 2.45) is 4.99 Å². The molecule has 18 heavy (non-hydrogen) atoms. The minimum Gasteiger partial charge on any atom is -0.356 e. The van der Waals surface area contributed by atoms with E-state index < -0.39 is 0 Å². The summed E-state index contributed by atoms with van der Waals surface area (Å²) in [6, 6.07) is 0. The third-order valence-corrected chi connectivity index (χ3v) is 3.70. The summed E-state index contributed by atoms with van der Waals surface area (Å²) in [5.74, 6) is 1.40. The van der Waals surface area contributed by atoms with Crippen molar-refractivity contribution in [2.75, 3.05) is 20.1 Å². The molecular weight excluding hydrogens is 244 g/mol. The van der Waals surface area contributed by atoms with Crippen molar-refractivity contribution < 1.29 is 0 Å². The monoisotopic (exact) mass is 268 g/mol. The molecule has 0 unspecified atom stereocenters. The van der Waals surface area contributed by atoms with E-state index in [9.17, 15) is 0 Å². The lowest BCUT2D eigenvalue weighted by Gasteiger charge is -2.10. The summed E-state index contributed by atoms with van der Waals surface area (Å²) in [5, 5.41) is 9.92. The topological polar surface area (TPSA) is 49.3 Å². The highest BCUT2D eigenvalue weighted by molar-refractivity contribution is 7.09. The predicted molar refractivity (Wildman–Crippen MR) is 79.6 cm³/mol. The fraction of sp³-hybridized carbons (Fsp3) is 0.692. The van der Waals surface area contributed by atoms with Crippen molar-refractivity contribution in [3.8, 4) is 0 Å². The van der Waals surface area contributed by atoms with Gasteiger partial charge in [0.25, 0.3) is 0 Å². The van der Waals surface area contributed by atoms with Gasteiger partial charge in [-0.25, -0.2) is 4.98 Å². The first-order valence-corrected chi connectivity index (χ1v) is 7.44. The number of rotatable bonds is 6. The lowest BCUT2D eigenvalue weighted by molar-refractivity contribution is 0.763. The van der Waals surface area contributed by atoms with Gasteiger partial charge in [-0.05, 0) is 6.42 Å². The van der Waals surface area contributed by atoms with Crippen LogP contribution in [0.4, 0.5) is 0 Å². The summed E-state index contributed by atoms with van der Waals surface area (Å²) in [6.07, 6.45) is 2.04. The molecule has 2 N–H and O–H groups in total. The molecular formula is C13H24N4S. The largest absolute Gasteiger partial charge is 0.356 e. The van der Waals surface area contributed by atoms with Crippen molar-refractivity contribution in [1.82, 2.24) is 15.6 Å². The van der Waals surface area contributed by atoms with Crippen LogP contribution in [0.25, 0.3) is 0 Å². The van der Waals surface area contributed by atoms with Gasteiger partial charge in [0.1, 0.15) is 0 Å². The summed E-state index contributed by atoms with van der Waals surface area (Å²) < 4.78 is 0. The van der Waals surface area contributed by atoms with Crippen molar-refractivity contribution in [2.45, 2.75) is 39.5 Å². The molecule has 0 aliphatic carbocycles. The van der Waals surface area contributed by atoms with Crippen LogP contribution in [0.1, 0.15) is 43.8 Å². The first-order valence-electron chi connectivity index (χ1n) is 6.56. The van der Waals surface area contributed by atoms with E-state index in [4.69, 9.17) is 0 Å². The van der Waals surface area contributed by atoms with Crippen LogP contribution >= 0.6 is 11.3 Å². The highest BCUT2D eigenvalue weighted by Crippen LogP contribution is 2.19.